The molecule has 0 bridgehead atoms. The number of rotatable bonds is 4. The van der Waals surface area contributed by atoms with Gasteiger partial charge in [-0.25, -0.2) is 8.42 Å². The maximum Gasteiger partial charge on any atom is 0.236 e. The quantitative estimate of drug-likeness (QED) is 0.903. The average Bonchev–Trinajstić information content (AvgIpc) is 2.76. The monoisotopic (exact) mass is 362 g/mol. The van der Waals surface area contributed by atoms with Crippen LogP contribution in [0.3, 0.4) is 0 Å². The predicted molar refractivity (Wildman–Crippen MR) is 98.5 cm³/mol. The minimum Gasteiger partial charge on any atom is -0.383 e. The number of hydrogen-bond donors (Lipinski definition) is 1. The van der Waals surface area contributed by atoms with E-state index in [-0.39, 0.29) is 12.6 Å². The second-order valence-electron chi connectivity index (χ2n) is 5.78. The zero-order chi connectivity index (χ0) is 17.2. The lowest BCUT2D eigenvalue weighted by atomic mass is 10.1. The van der Waals surface area contributed by atoms with Crippen molar-refractivity contribution in [1.29, 1.82) is 0 Å². The average molecular weight is 363 g/mol. The Labute approximate surface area is 147 Å². The molecule has 0 radical (unpaired) electrons. The second-order valence-corrected chi connectivity index (χ2v) is 8.05. The summed E-state index contributed by atoms with van der Waals surface area (Å²) in [5.41, 5.74) is 2.88. The molecule has 6 heteroatoms. The summed E-state index contributed by atoms with van der Waals surface area (Å²) in [7, 11) is -3.56. The fourth-order valence-electron chi connectivity index (χ4n) is 2.95. The number of hydrogen-bond acceptors (Lipinski definition) is 3. The molecule has 0 saturated heterocycles. The summed E-state index contributed by atoms with van der Waals surface area (Å²) in [6.07, 6.45) is 0.628. The van der Waals surface area contributed by atoms with Crippen LogP contribution in [0.2, 0.25) is 5.02 Å². The largest absolute Gasteiger partial charge is 0.383 e. The highest BCUT2D eigenvalue weighted by molar-refractivity contribution is 7.92. The van der Waals surface area contributed by atoms with Crippen LogP contribution in [-0.4, -0.2) is 25.3 Å². The van der Waals surface area contributed by atoms with E-state index in [9.17, 15) is 8.42 Å². The molecule has 0 unspecified atom stereocenters. The van der Waals surface area contributed by atoms with Crippen molar-refractivity contribution >= 4 is 27.3 Å². The molecular weight excluding hydrogens is 344 g/mol. The van der Waals surface area contributed by atoms with Crippen LogP contribution in [-0.2, 0) is 23.0 Å². The minimum atomic E-state index is -3.56. The van der Waals surface area contributed by atoms with Gasteiger partial charge in [-0.15, -0.1) is 0 Å². The van der Waals surface area contributed by atoms with E-state index >= 15 is 0 Å². The zero-order valence-corrected chi connectivity index (χ0v) is 14.7. The standard InChI is InChI=1S/C18H19ClN2O2S/c1-2-24(22,23)21-13-15-11-16(19)8-9-18(15)20-12-17(21)10-14-6-4-3-5-7-14/h2-9,11,17,20H,1,10,12-13H2/t17-/m1/s1. The molecule has 4 nitrogen and oxygen atoms in total. The summed E-state index contributed by atoms with van der Waals surface area (Å²) in [5.74, 6) is 0. The van der Waals surface area contributed by atoms with E-state index in [0.29, 0.717) is 18.0 Å². The molecule has 0 saturated carbocycles. The van der Waals surface area contributed by atoms with E-state index in [1.54, 1.807) is 12.1 Å². The summed E-state index contributed by atoms with van der Waals surface area (Å²) >= 11 is 6.08. The van der Waals surface area contributed by atoms with Gasteiger partial charge < -0.3 is 5.32 Å². The lowest BCUT2D eigenvalue weighted by Gasteiger charge is -2.27. The molecule has 0 amide bonds. The molecule has 0 fully saturated rings. The first-order chi connectivity index (χ1) is 11.5. The van der Waals surface area contributed by atoms with Gasteiger partial charge in [0.1, 0.15) is 0 Å². The molecule has 0 spiro atoms. The van der Waals surface area contributed by atoms with Crippen molar-refractivity contribution in [1.82, 2.24) is 4.31 Å². The Balaban J connectivity index is 1.97. The van der Waals surface area contributed by atoms with Crippen molar-refractivity contribution in [3.8, 4) is 0 Å². The van der Waals surface area contributed by atoms with Gasteiger partial charge >= 0.3 is 0 Å². The molecule has 0 aliphatic carbocycles. The molecule has 1 N–H and O–H groups in total. The summed E-state index contributed by atoms with van der Waals surface area (Å²) < 4.78 is 26.6. The molecule has 24 heavy (non-hydrogen) atoms. The van der Waals surface area contributed by atoms with E-state index in [4.69, 9.17) is 11.6 Å². The number of nitrogens with one attached hydrogen (secondary N) is 1. The Bertz CT molecular complexity index is 837. The van der Waals surface area contributed by atoms with Crippen molar-refractivity contribution < 1.29 is 8.42 Å². The summed E-state index contributed by atoms with van der Waals surface area (Å²) in [4.78, 5) is 0. The maximum atomic E-state index is 12.5. The first-order valence-corrected chi connectivity index (χ1v) is 9.58. The molecule has 1 aliphatic rings. The van der Waals surface area contributed by atoms with Gasteiger partial charge in [0.25, 0.3) is 0 Å². The number of benzene rings is 2. The Morgan fingerprint density at radius 2 is 2.00 bits per heavy atom. The molecule has 0 aromatic heterocycles. The smallest absolute Gasteiger partial charge is 0.236 e. The fraction of sp³-hybridized carbons (Fsp3) is 0.222. The lowest BCUT2D eigenvalue weighted by Crippen LogP contribution is -2.42. The van der Waals surface area contributed by atoms with Gasteiger partial charge in [-0.05, 0) is 35.7 Å². The van der Waals surface area contributed by atoms with Crippen LogP contribution in [0.15, 0.2) is 60.5 Å². The van der Waals surface area contributed by atoms with Crippen LogP contribution in [0.4, 0.5) is 5.69 Å². The highest BCUT2D eigenvalue weighted by Gasteiger charge is 2.31. The second kappa shape index (κ2) is 6.97. The van der Waals surface area contributed by atoms with Gasteiger partial charge in [0.15, 0.2) is 0 Å². The van der Waals surface area contributed by atoms with Crippen LogP contribution in [0.5, 0.6) is 0 Å². The third kappa shape index (κ3) is 3.64. The van der Waals surface area contributed by atoms with Gasteiger partial charge in [0.05, 0.1) is 0 Å². The predicted octanol–water partition coefficient (Wildman–Crippen LogP) is 3.65. The van der Waals surface area contributed by atoms with Crippen LogP contribution < -0.4 is 5.32 Å². The van der Waals surface area contributed by atoms with Crippen LogP contribution in [0.25, 0.3) is 0 Å². The van der Waals surface area contributed by atoms with E-state index in [1.807, 2.05) is 36.4 Å². The Kier molecular flexibility index (Phi) is 4.94. The molecule has 1 aliphatic heterocycles. The van der Waals surface area contributed by atoms with Gasteiger partial charge in [-0.1, -0.05) is 48.5 Å². The van der Waals surface area contributed by atoms with E-state index in [1.165, 1.54) is 4.31 Å². The van der Waals surface area contributed by atoms with Crippen LogP contribution in [0.1, 0.15) is 11.1 Å². The highest BCUT2D eigenvalue weighted by Crippen LogP contribution is 2.28. The first-order valence-electron chi connectivity index (χ1n) is 7.70. The van der Waals surface area contributed by atoms with E-state index < -0.39 is 10.0 Å². The first kappa shape index (κ1) is 17.0. The third-order valence-electron chi connectivity index (χ3n) is 4.18. The molecule has 3 rings (SSSR count). The Morgan fingerprint density at radius 1 is 1.25 bits per heavy atom. The maximum absolute atomic E-state index is 12.5. The van der Waals surface area contributed by atoms with Crippen molar-refractivity contribution in [3.05, 3.63) is 76.7 Å². The zero-order valence-electron chi connectivity index (χ0n) is 13.2. The normalized spacial score (nSPS) is 18.3. The van der Waals surface area contributed by atoms with Gasteiger partial charge in [0, 0.05) is 35.2 Å². The summed E-state index contributed by atoms with van der Waals surface area (Å²) in [6, 6.07) is 15.2. The van der Waals surface area contributed by atoms with Crippen LogP contribution >= 0.6 is 11.6 Å². The molecule has 126 valence electrons. The van der Waals surface area contributed by atoms with Gasteiger partial charge in [-0.2, -0.15) is 4.31 Å². The summed E-state index contributed by atoms with van der Waals surface area (Å²) in [6.45, 7) is 4.27. The number of sulfonamides is 1. The van der Waals surface area contributed by atoms with E-state index in [0.717, 1.165) is 22.2 Å². The SMILES string of the molecule is C=CS(=O)(=O)N1Cc2cc(Cl)ccc2NC[C@H]1Cc1ccccc1. The Hall–Kier alpha value is -1.82. The van der Waals surface area contributed by atoms with Crippen molar-refractivity contribution in [3.63, 3.8) is 0 Å². The highest BCUT2D eigenvalue weighted by atomic mass is 35.5. The van der Waals surface area contributed by atoms with Gasteiger partial charge in [-0.3, -0.25) is 0 Å². The van der Waals surface area contributed by atoms with Crippen molar-refractivity contribution in [2.45, 2.75) is 19.0 Å². The number of halogens is 1. The van der Waals surface area contributed by atoms with Gasteiger partial charge in [0.2, 0.25) is 10.0 Å². The molecule has 2 aromatic rings. The van der Waals surface area contributed by atoms with Crippen LogP contribution in [0, 0.1) is 0 Å². The molecule has 1 atom stereocenters. The number of anilines is 1. The van der Waals surface area contributed by atoms with Crippen molar-refractivity contribution in [2.24, 2.45) is 0 Å². The lowest BCUT2D eigenvalue weighted by molar-refractivity contribution is 0.330. The number of nitrogens with zero attached hydrogens (tertiary/aromatic N) is 1. The summed E-state index contributed by atoms with van der Waals surface area (Å²) in [5, 5.41) is 4.95. The number of fused-ring (bicyclic) bond motifs is 1. The minimum absolute atomic E-state index is 0.207. The molecule has 2 aromatic carbocycles. The fourth-order valence-corrected chi connectivity index (χ4v) is 4.22. The molecular formula is C18H19ClN2O2S. The topological polar surface area (TPSA) is 49.4 Å². The Morgan fingerprint density at radius 3 is 2.71 bits per heavy atom. The van der Waals surface area contributed by atoms with E-state index in [2.05, 4.69) is 11.9 Å². The third-order valence-corrected chi connectivity index (χ3v) is 5.92. The van der Waals surface area contributed by atoms with Crippen molar-refractivity contribution in [2.75, 3.05) is 11.9 Å². The molecule has 1 heterocycles.